The molecule has 0 bridgehead atoms. The molecule has 0 atom stereocenters. The van der Waals surface area contributed by atoms with Crippen LogP contribution in [0.2, 0.25) is 0 Å². The van der Waals surface area contributed by atoms with Gasteiger partial charge in [0.25, 0.3) is 0 Å². The van der Waals surface area contributed by atoms with Crippen molar-refractivity contribution < 1.29 is 14.6 Å². The van der Waals surface area contributed by atoms with Gasteiger partial charge in [0.1, 0.15) is 11.5 Å². The van der Waals surface area contributed by atoms with Crippen LogP contribution in [0, 0.1) is 0 Å². The summed E-state index contributed by atoms with van der Waals surface area (Å²) in [5.74, 6) is 0.423. The van der Waals surface area contributed by atoms with Crippen LogP contribution < -0.4 is 4.74 Å². The van der Waals surface area contributed by atoms with Crippen LogP contribution in [0.25, 0.3) is 10.8 Å². The van der Waals surface area contributed by atoms with Gasteiger partial charge in [0, 0.05) is 10.9 Å². The lowest BCUT2D eigenvalue weighted by molar-refractivity contribution is 0.103. The van der Waals surface area contributed by atoms with E-state index >= 15 is 0 Å². The zero-order valence-electron chi connectivity index (χ0n) is 11.5. The lowest BCUT2D eigenvalue weighted by Crippen LogP contribution is -2.02. The normalized spacial score (nSPS) is 10.5. The predicted octanol–water partition coefficient (Wildman–Crippen LogP) is 3.79. The van der Waals surface area contributed by atoms with Gasteiger partial charge in [-0.1, -0.05) is 42.5 Å². The Balaban J connectivity index is 2.25. The second-order valence-corrected chi connectivity index (χ2v) is 4.74. The molecule has 0 fully saturated rings. The quantitative estimate of drug-likeness (QED) is 0.741. The first-order chi connectivity index (χ1) is 10.2. The van der Waals surface area contributed by atoms with E-state index in [9.17, 15) is 9.90 Å². The minimum absolute atomic E-state index is 0.0235. The molecule has 0 spiro atoms. The van der Waals surface area contributed by atoms with Crippen LogP contribution in [0.5, 0.6) is 11.5 Å². The number of phenols is 1. The molecule has 0 radical (unpaired) electrons. The molecule has 3 aromatic rings. The maximum Gasteiger partial charge on any atom is 0.197 e. The van der Waals surface area contributed by atoms with Gasteiger partial charge in [0.2, 0.25) is 0 Å². The Morgan fingerprint density at radius 3 is 2.43 bits per heavy atom. The van der Waals surface area contributed by atoms with Crippen LogP contribution in [0.3, 0.4) is 0 Å². The molecule has 0 saturated heterocycles. The molecule has 3 nitrogen and oxygen atoms in total. The number of fused-ring (bicyclic) bond motifs is 1. The first kappa shape index (κ1) is 13.2. The van der Waals surface area contributed by atoms with Crippen molar-refractivity contribution in [3.63, 3.8) is 0 Å². The number of ether oxygens (including phenoxy) is 1. The lowest BCUT2D eigenvalue weighted by atomic mass is 9.96. The van der Waals surface area contributed by atoms with Gasteiger partial charge in [0.05, 0.1) is 12.7 Å². The van der Waals surface area contributed by atoms with Crippen molar-refractivity contribution in [2.75, 3.05) is 7.11 Å². The number of hydrogen-bond acceptors (Lipinski definition) is 3. The van der Waals surface area contributed by atoms with Crippen molar-refractivity contribution >= 4 is 16.6 Å². The van der Waals surface area contributed by atoms with Gasteiger partial charge in [-0.15, -0.1) is 0 Å². The summed E-state index contributed by atoms with van der Waals surface area (Å²) in [5.41, 5.74) is 0.848. The van der Waals surface area contributed by atoms with Crippen molar-refractivity contribution in [1.29, 1.82) is 0 Å². The Morgan fingerprint density at radius 2 is 1.71 bits per heavy atom. The average Bonchev–Trinajstić information content (AvgIpc) is 2.54. The van der Waals surface area contributed by atoms with Crippen LogP contribution in [0.1, 0.15) is 15.9 Å². The molecule has 3 aromatic carbocycles. The topological polar surface area (TPSA) is 46.5 Å². The highest BCUT2D eigenvalue weighted by atomic mass is 16.5. The Labute approximate surface area is 122 Å². The van der Waals surface area contributed by atoms with Crippen molar-refractivity contribution in [2.45, 2.75) is 0 Å². The van der Waals surface area contributed by atoms with Gasteiger partial charge >= 0.3 is 0 Å². The fraction of sp³-hybridized carbons (Fsp3) is 0.0556. The largest absolute Gasteiger partial charge is 0.507 e. The number of ketones is 1. The Morgan fingerprint density at radius 1 is 1.00 bits per heavy atom. The summed E-state index contributed by atoms with van der Waals surface area (Å²) in [4.78, 5) is 12.7. The van der Waals surface area contributed by atoms with Crippen LogP contribution in [0.4, 0.5) is 0 Å². The SMILES string of the molecule is COc1ccc2ccc(O)c(C(=O)c3ccccc3)c2c1. The molecular weight excluding hydrogens is 264 g/mol. The summed E-state index contributed by atoms with van der Waals surface area (Å²) in [6, 6.07) is 17.7. The number of phenolic OH excluding ortho intramolecular Hbond substituents is 1. The van der Waals surface area contributed by atoms with E-state index in [-0.39, 0.29) is 11.5 Å². The molecule has 0 aromatic heterocycles. The third kappa shape index (κ3) is 2.34. The minimum Gasteiger partial charge on any atom is -0.507 e. The van der Waals surface area contributed by atoms with E-state index < -0.39 is 0 Å². The van der Waals surface area contributed by atoms with Crippen molar-refractivity contribution in [2.24, 2.45) is 0 Å². The zero-order chi connectivity index (χ0) is 14.8. The number of benzene rings is 3. The molecule has 0 heterocycles. The molecule has 0 amide bonds. The lowest BCUT2D eigenvalue weighted by Gasteiger charge is -2.10. The van der Waals surface area contributed by atoms with Crippen LogP contribution >= 0.6 is 0 Å². The van der Waals surface area contributed by atoms with E-state index in [4.69, 9.17) is 4.74 Å². The van der Waals surface area contributed by atoms with E-state index in [0.717, 1.165) is 5.39 Å². The third-order valence-corrected chi connectivity index (χ3v) is 3.47. The molecular formula is C18H14O3. The fourth-order valence-corrected chi connectivity index (χ4v) is 2.39. The van der Waals surface area contributed by atoms with Gasteiger partial charge in [0.15, 0.2) is 5.78 Å². The Bertz CT molecular complexity index is 807. The van der Waals surface area contributed by atoms with Gasteiger partial charge in [-0.05, 0) is 23.6 Å². The molecule has 1 N–H and O–H groups in total. The van der Waals surface area contributed by atoms with Gasteiger partial charge in [-0.3, -0.25) is 4.79 Å². The molecule has 3 rings (SSSR count). The fourth-order valence-electron chi connectivity index (χ4n) is 2.39. The first-order valence-electron chi connectivity index (χ1n) is 6.60. The van der Waals surface area contributed by atoms with Crippen molar-refractivity contribution in [1.82, 2.24) is 0 Å². The second-order valence-electron chi connectivity index (χ2n) is 4.74. The van der Waals surface area contributed by atoms with Gasteiger partial charge in [-0.2, -0.15) is 0 Å². The van der Waals surface area contributed by atoms with E-state index in [2.05, 4.69) is 0 Å². The summed E-state index contributed by atoms with van der Waals surface area (Å²) in [6.45, 7) is 0. The number of rotatable bonds is 3. The smallest absolute Gasteiger partial charge is 0.197 e. The number of carbonyl (C=O) groups is 1. The number of aromatic hydroxyl groups is 1. The molecule has 104 valence electrons. The average molecular weight is 278 g/mol. The van der Waals surface area contributed by atoms with Crippen LogP contribution in [-0.2, 0) is 0 Å². The van der Waals surface area contributed by atoms with Crippen LogP contribution in [0.15, 0.2) is 60.7 Å². The van der Waals surface area contributed by atoms with E-state index in [0.29, 0.717) is 22.3 Å². The molecule has 0 aliphatic rings. The van der Waals surface area contributed by atoms with Gasteiger partial charge in [-0.25, -0.2) is 0 Å². The molecule has 0 aliphatic heterocycles. The highest BCUT2D eigenvalue weighted by Gasteiger charge is 2.17. The highest BCUT2D eigenvalue weighted by molar-refractivity contribution is 6.18. The molecule has 0 saturated carbocycles. The maximum absolute atomic E-state index is 12.7. The minimum atomic E-state index is -0.202. The van der Waals surface area contributed by atoms with Gasteiger partial charge < -0.3 is 9.84 Å². The van der Waals surface area contributed by atoms with Crippen LogP contribution in [-0.4, -0.2) is 18.0 Å². The number of carbonyl (C=O) groups excluding carboxylic acids is 1. The monoisotopic (exact) mass is 278 g/mol. The summed E-state index contributed by atoms with van der Waals surface area (Å²) in [5, 5.41) is 11.7. The highest BCUT2D eigenvalue weighted by Crippen LogP contribution is 2.31. The third-order valence-electron chi connectivity index (χ3n) is 3.47. The summed E-state index contributed by atoms with van der Waals surface area (Å²) in [6.07, 6.45) is 0. The second kappa shape index (κ2) is 5.29. The molecule has 0 aliphatic carbocycles. The number of methoxy groups -OCH3 is 1. The Hall–Kier alpha value is -2.81. The predicted molar refractivity (Wildman–Crippen MR) is 82.0 cm³/mol. The first-order valence-corrected chi connectivity index (χ1v) is 6.60. The molecule has 0 unspecified atom stereocenters. The summed E-state index contributed by atoms with van der Waals surface area (Å²) < 4.78 is 5.21. The van der Waals surface area contributed by atoms with E-state index in [1.807, 2.05) is 18.2 Å². The molecule has 3 heteroatoms. The Kier molecular flexibility index (Phi) is 3.32. The van der Waals surface area contributed by atoms with E-state index in [1.165, 1.54) is 0 Å². The summed E-state index contributed by atoms with van der Waals surface area (Å²) in [7, 11) is 1.57. The maximum atomic E-state index is 12.7. The van der Waals surface area contributed by atoms with Crippen molar-refractivity contribution in [3.05, 3.63) is 71.8 Å². The number of hydrogen-bond donors (Lipinski definition) is 1. The van der Waals surface area contributed by atoms with Crippen molar-refractivity contribution in [3.8, 4) is 11.5 Å². The zero-order valence-corrected chi connectivity index (χ0v) is 11.5. The summed E-state index contributed by atoms with van der Waals surface area (Å²) >= 11 is 0. The van der Waals surface area contributed by atoms with E-state index in [1.54, 1.807) is 49.6 Å². The standard InChI is InChI=1S/C18H14O3/c1-21-14-9-7-12-8-10-16(19)17(15(12)11-14)18(20)13-5-3-2-4-6-13/h2-11,19H,1H3. The molecule has 21 heavy (non-hydrogen) atoms.